The molecular weight excluding hydrogens is 278 g/mol. The fraction of sp³-hybridized carbons (Fsp3) is 0.571. The molecule has 0 amide bonds. The van der Waals surface area contributed by atoms with Crippen molar-refractivity contribution in [1.82, 2.24) is 4.90 Å². The molecule has 2 nitrogen and oxygen atoms in total. The van der Waals surface area contributed by atoms with Crippen LogP contribution in [-0.4, -0.2) is 29.6 Å². The molecule has 0 bridgehead atoms. The Bertz CT molecular complexity index is 352. The fourth-order valence-corrected chi connectivity index (χ4v) is 2.78. The van der Waals surface area contributed by atoms with E-state index < -0.39 is 0 Å². The van der Waals surface area contributed by atoms with E-state index in [4.69, 9.17) is 0 Å². The number of piperidine rings is 1. The fourth-order valence-electron chi connectivity index (χ4n) is 2.52. The van der Waals surface area contributed by atoms with Gasteiger partial charge in [-0.15, -0.1) is 0 Å². The minimum Gasteiger partial charge on any atom is -0.388 e. The van der Waals surface area contributed by atoms with Crippen LogP contribution in [0.1, 0.15) is 37.4 Å². The topological polar surface area (TPSA) is 23.5 Å². The lowest BCUT2D eigenvalue weighted by atomic mass is 9.94. The summed E-state index contributed by atoms with van der Waals surface area (Å²) in [6.45, 7) is 1.16. The molecule has 1 aromatic carbocycles. The van der Waals surface area contributed by atoms with Gasteiger partial charge in [0.1, 0.15) is 0 Å². The smallest absolute Gasteiger partial charge is 0.0805 e. The predicted octanol–water partition coefficient (Wildman–Crippen LogP) is 3.36. The van der Waals surface area contributed by atoms with Gasteiger partial charge < -0.3 is 10.0 Å². The molecular formula is C14H20BrNO. The Hall–Kier alpha value is -0.380. The lowest BCUT2D eigenvalue weighted by Crippen LogP contribution is -2.37. The van der Waals surface area contributed by atoms with Crippen LogP contribution in [0.2, 0.25) is 0 Å². The minimum atomic E-state index is -0.339. The van der Waals surface area contributed by atoms with Crippen LogP contribution in [0.15, 0.2) is 28.7 Å². The average molecular weight is 298 g/mol. The Morgan fingerprint density at radius 2 is 2.06 bits per heavy atom. The maximum absolute atomic E-state index is 10.2. The molecule has 1 N–H and O–H groups in total. The van der Waals surface area contributed by atoms with E-state index in [0.717, 1.165) is 23.0 Å². The number of hydrogen-bond donors (Lipinski definition) is 1. The number of nitrogens with zero attached hydrogens (tertiary/aromatic N) is 1. The molecule has 1 aromatic rings. The third-order valence-corrected chi connectivity index (χ3v) is 4.20. The second kappa shape index (κ2) is 5.98. The van der Waals surface area contributed by atoms with Crippen LogP contribution in [0.4, 0.5) is 0 Å². The number of aliphatic hydroxyl groups excluding tert-OH is 1. The summed E-state index contributed by atoms with van der Waals surface area (Å²) in [5, 5.41) is 10.2. The van der Waals surface area contributed by atoms with Crippen molar-refractivity contribution in [2.75, 3.05) is 13.6 Å². The molecule has 17 heavy (non-hydrogen) atoms. The number of hydrogen-bond acceptors (Lipinski definition) is 2. The Balaban J connectivity index is 1.95. The van der Waals surface area contributed by atoms with E-state index in [2.05, 4.69) is 27.9 Å². The van der Waals surface area contributed by atoms with Crippen molar-refractivity contribution in [3.63, 3.8) is 0 Å². The Morgan fingerprint density at radius 1 is 1.35 bits per heavy atom. The average Bonchev–Trinajstić information content (AvgIpc) is 2.33. The molecule has 3 heteroatoms. The third kappa shape index (κ3) is 3.54. The van der Waals surface area contributed by atoms with Crippen LogP contribution in [0, 0.1) is 0 Å². The molecule has 0 aliphatic carbocycles. The van der Waals surface area contributed by atoms with Crippen molar-refractivity contribution in [2.45, 2.75) is 37.8 Å². The maximum Gasteiger partial charge on any atom is 0.0805 e. The van der Waals surface area contributed by atoms with Crippen LogP contribution < -0.4 is 0 Å². The number of aliphatic hydroxyl groups is 1. The molecule has 0 aromatic heterocycles. The van der Waals surface area contributed by atoms with Gasteiger partial charge in [-0.1, -0.05) is 34.5 Å². The van der Waals surface area contributed by atoms with Gasteiger partial charge in [-0.05, 0) is 50.6 Å². The standard InChI is InChI=1S/C14H20BrNO/c1-16-9-3-2-4-13(16)10-14(17)11-5-7-12(15)8-6-11/h5-8,13-14,17H,2-4,9-10H2,1H3/t13-,14-/m0/s1. The van der Waals surface area contributed by atoms with Gasteiger partial charge in [0.2, 0.25) is 0 Å². The van der Waals surface area contributed by atoms with E-state index in [1.807, 2.05) is 24.3 Å². The normalized spacial score (nSPS) is 23.6. The SMILES string of the molecule is CN1CCCC[C@H]1C[C@H](O)c1ccc(Br)cc1. The van der Waals surface area contributed by atoms with Gasteiger partial charge >= 0.3 is 0 Å². The number of halogens is 1. The van der Waals surface area contributed by atoms with Crippen LogP contribution in [-0.2, 0) is 0 Å². The monoisotopic (exact) mass is 297 g/mol. The zero-order chi connectivity index (χ0) is 12.3. The lowest BCUT2D eigenvalue weighted by molar-refractivity contribution is 0.0944. The van der Waals surface area contributed by atoms with E-state index in [1.54, 1.807) is 0 Å². The van der Waals surface area contributed by atoms with Crippen LogP contribution in [0.25, 0.3) is 0 Å². The van der Waals surface area contributed by atoms with Gasteiger partial charge in [-0.25, -0.2) is 0 Å². The number of rotatable bonds is 3. The van der Waals surface area contributed by atoms with E-state index in [-0.39, 0.29) is 6.10 Å². The van der Waals surface area contributed by atoms with Crippen molar-refractivity contribution >= 4 is 15.9 Å². The first-order valence-electron chi connectivity index (χ1n) is 6.30. The zero-order valence-corrected chi connectivity index (χ0v) is 11.9. The molecule has 1 fully saturated rings. The summed E-state index contributed by atoms with van der Waals surface area (Å²) in [6, 6.07) is 8.50. The highest BCUT2D eigenvalue weighted by atomic mass is 79.9. The van der Waals surface area contributed by atoms with E-state index in [9.17, 15) is 5.11 Å². The summed E-state index contributed by atoms with van der Waals surface area (Å²) in [5.41, 5.74) is 1.02. The van der Waals surface area contributed by atoms with Gasteiger partial charge in [0, 0.05) is 10.5 Å². The molecule has 1 aliphatic heterocycles. The van der Waals surface area contributed by atoms with Crippen LogP contribution in [0.3, 0.4) is 0 Å². The van der Waals surface area contributed by atoms with Crippen LogP contribution >= 0.6 is 15.9 Å². The summed E-state index contributed by atoms with van der Waals surface area (Å²) in [6.07, 6.45) is 4.31. The Morgan fingerprint density at radius 3 is 2.71 bits per heavy atom. The third-order valence-electron chi connectivity index (χ3n) is 3.67. The summed E-state index contributed by atoms with van der Waals surface area (Å²) in [5.74, 6) is 0. The van der Waals surface area contributed by atoms with Crippen molar-refractivity contribution < 1.29 is 5.11 Å². The summed E-state index contributed by atoms with van der Waals surface area (Å²) < 4.78 is 1.06. The molecule has 1 aliphatic rings. The Kier molecular flexibility index (Phi) is 4.60. The van der Waals surface area contributed by atoms with Gasteiger partial charge in [0.25, 0.3) is 0 Å². The Labute approximate surface area is 112 Å². The van der Waals surface area contributed by atoms with Gasteiger partial charge in [-0.2, -0.15) is 0 Å². The quantitative estimate of drug-likeness (QED) is 0.925. The summed E-state index contributed by atoms with van der Waals surface area (Å²) in [7, 11) is 2.16. The summed E-state index contributed by atoms with van der Waals surface area (Å²) in [4.78, 5) is 2.38. The molecule has 2 rings (SSSR count). The molecule has 0 unspecified atom stereocenters. The van der Waals surface area contributed by atoms with Gasteiger partial charge in [-0.3, -0.25) is 0 Å². The van der Waals surface area contributed by atoms with E-state index >= 15 is 0 Å². The van der Waals surface area contributed by atoms with Crippen molar-refractivity contribution in [1.29, 1.82) is 0 Å². The highest BCUT2D eigenvalue weighted by Gasteiger charge is 2.22. The summed E-state index contributed by atoms with van der Waals surface area (Å²) >= 11 is 3.41. The second-order valence-corrected chi connectivity index (χ2v) is 5.85. The molecule has 1 heterocycles. The molecule has 0 radical (unpaired) electrons. The highest BCUT2D eigenvalue weighted by molar-refractivity contribution is 9.10. The zero-order valence-electron chi connectivity index (χ0n) is 10.3. The second-order valence-electron chi connectivity index (χ2n) is 4.93. The lowest BCUT2D eigenvalue weighted by Gasteiger charge is -2.33. The van der Waals surface area contributed by atoms with Crippen molar-refractivity contribution in [3.8, 4) is 0 Å². The first-order valence-corrected chi connectivity index (χ1v) is 7.10. The van der Waals surface area contributed by atoms with Gasteiger partial charge in [0.05, 0.1) is 6.10 Å². The molecule has 1 saturated heterocycles. The number of benzene rings is 1. The van der Waals surface area contributed by atoms with E-state index in [1.165, 1.54) is 19.3 Å². The van der Waals surface area contributed by atoms with Crippen molar-refractivity contribution in [2.24, 2.45) is 0 Å². The van der Waals surface area contributed by atoms with Crippen molar-refractivity contribution in [3.05, 3.63) is 34.3 Å². The first kappa shape index (κ1) is 13.1. The highest BCUT2D eigenvalue weighted by Crippen LogP contribution is 2.26. The molecule has 94 valence electrons. The number of likely N-dealkylation sites (tertiary alicyclic amines) is 1. The molecule has 2 atom stereocenters. The van der Waals surface area contributed by atoms with Gasteiger partial charge in [0.15, 0.2) is 0 Å². The first-order chi connectivity index (χ1) is 8.16. The molecule has 0 spiro atoms. The minimum absolute atomic E-state index is 0.339. The molecule has 0 saturated carbocycles. The van der Waals surface area contributed by atoms with Crippen LogP contribution in [0.5, 0.6) is 0 Å². The maximum atomic E-state index is 10.2. The largest absolute Gasteiger partial charge is 0.388 e. The predicted molar refractivity (Wildman–Crippen MR) is 74.0 cm³/mol. The van der Waals surface area contributed by atoms with E-state index in [0.29, 0.717) is 6.04 Å².